The number of hydrogen-bond donors (Lipinski definition) is 4. The van der Waals surface area contributed by atoms with Crippen LogP contribution in [0.4, 0.5) is 17.6 Å². The van der Waals surface area contributed by atoms with E-state index >= 15 is 17.6 Å². The fourth-order valence-corrected chi connectivity index (χ4v) is 18.8. The predicted molar refractivity (Wildman–Crippen MR) is 310 cm³/mol. The minimum atomic E-state index is -2.37. The van der Waals surface area contributed by atoms with Crippen LogP contribution in [0.15, 0.2) is 93.2 Å². The number of esters is 3. The van der Waals surface area contributed by atoms with Crippen molar-refractivity contribution in [3.05, 3.63) is 95.9 Å². The third-order valence-corrected chi connectivity index (χ3v) is 22.4. The van der Waals surface area contributed by atoms with Crippen molar-refractivity contribution in [1.29, 1.82) is 0 Å². The normalized spacial score (nSPS) is 39.4. The average molecular weight is 1250 g/mol. The van der Waals surface area contributed by atoms with Crippen molar-refractivity contribution in [2.45, 2.75) is 153 Å². The third-order valence-electron chi connectivity index (χ3n) is 20.7. The number of carbonyl (C=O) groups is 7. The third kappa shape index (κ3) is 10.4. The molecule has 16 nitrogen and oxygen atoms in total. The Morgan fingerprint density at radius 2 is 1.08 bits per heavy atom. The topological polar surface area (TPSA) is 254 Å². The summed E-state index contributed by atoms with van der Waals surface area (Å²) in [6, 6.07) is 5.79. The van der Waals surface area contributed by atoms with Crippen LogP contribution >= 0.6 is 23.5 Å². The lowest BCUT2D eigenvalue weighted by Crippen LogP contribution is -2.70. The second kappa shape index (κ2) is 23.7. The van der Waals surface area contributed by atoms with E-state index in [2.05, 4.69) is 23.7 Å². The molecule has 4 N–H and O–H groups in total. The molecule has 0 saturated heterocycles. The van der Waals surface area contributed by atoms with Crippen LogP contribution in [0, 0.1) is 80.8 Å². The van der Waals surface area contributed by atoms with Gasteiger partial charge in [-0.15, -0.1) is 0 Å². The number of ketones is 2. The molecular weight excluding hydrogens is 1180 g/mol. The van der Waals surface area contributed by atoms with E-state index in [0.717, 1.165) is 35.7 Å². The summed E-state index contributed by atoms with van der Waals surface area (Å²) in [5.74, 6) is 2.21. The number of carbonyl (C=O) groups excluding carboxylic acids is 7. The molecule has 468 valence electrons. The van der Waals surface area contributed by atoms with Crippen LogP contribution in [0.25, 0.3) is 0 Å². The lowest BCUT2D eigenvalue weighted by molar-refractivity contribution is -0.221. The van der Waals surface area contributed by atoms with E-state index in [1.807, 2.05) is 0 Å². The van der Waals surface area contributed by atoms with Crippen LogP contribution < -0.4 is 0 Å². The summed E-state index contributed by atoms with van der Waals surface area (Å²) in [4.78, 5) is 91.2. The largest absolute Gasteiger partial charge is 0.457 e. The van der Waals surface area contributed by atoms with Gasteiger partial charge in [0.2, 0.25) is 21.8 Å². The number of alkyl halides is 4. The van der Waals surface area contributed by atoms with Crippen LogP contribution in [0.3, 0.4) is 0 Å². The van der Waals surface area contributed by atoms with Crippen LogP contribution in [-0.4, -0.2) is 138 Å². The van der Waals surface area contributed by atoms with Crippen molar-refractivity contribution in [3.8, 4) is 23.7 Å². The maximum absolute atomic E-state index is 17.7. The first-order chi connectivity index (χ1) is 40.8. The molecule has 6 saturated carbocycles. The second-order valence-corrected chi connectivity index (χ2v) is 27.8. The Kier molecular flexibility index (Phi) is 17.9. The minimum absolute atomic E-state index is 0.0103. The predicted octanol–water partition coefficient (Wildman–Crippen LogP) is 8.70. The highest BCUT2D eigenvalue weighted by atomic mass is 32.2. The molecule has 2 aromatic rings. The number of ether oxygens (including phenoxy) is 3. The molecule has 0 aromatic carbocycles. The van der Waals surface area contributed by atoms with Gasteiger partial charge in [0, 0.05) is 45.3 Å². The summed E-state index contributed by atoms with van der Waals surface area (Å²) in [6.45, 7) is 12.2. The number of rotatable bonds is 11. The molecule has 10 rings (SSSR count). The van der Waals surface area contributed by atoms with Gasteiger partial charge in [-0.25, -0.2) is 27.2 Å². The summed E-state index contributed by atoms with van der Waals surface area (Å²) in [7, 11) is 0. The first-order valence-corrected chi connectivity index (χ1v) is 31.0. The SMILES string of the molecule is C[C@@H]1CC2C3C[C@H](F)C4=CC(=O)C=C[C@]4(C)[C@@]3(F)[C@@H](O)C[C@]2(C)[C@@]1(OC(=O)c1ccco1)C(=O)SCC#CCO.C[C@@H]1CC2C3C[C@H](F)C4=CC(=O)C=C[C@]4(C)[C@@]3(F)[C@@H](O)C[C@]2(C)[C@@]1(OC(=O)c1ccco1)C(=O)SCC#CCOC(=O)CC(C)(C)O. The summed E-state index contributed by atoms with van der Waals surface area (Å²) in [5.41, 5.74) is -15.4. The fraction of sp³-hybridized carbons (Fsp3) is 0.585. The monoisotopic (exact) mass is 1250 g/mol. The molecule has 0 aliphatic heterocycles. The van der Waals surface area contributed by atoms with E-state index in [0.29, 0.717) is 0 Å². The van der Waals surface area contributed by atoms with E-state index in [4.69, 9.17) is 28.2 Å². The number of aliphatic hydroxyl groups excluding tert-OH is 3. The number of allylic oxidation sites excluding steroid dienone is 8. The Morgan fingerprint density at radius 1 is 0.667 bits per heavy atom. The lowest BCUT2D eigenvalue weighted by atomic mass is 9.44. The standard InChI is InChI=1S/C35H40F2O9S.C30H32F2O7S/c1-20-15-22-23-17-25(36)24-16-21(38)10-11-32(24,4)34(23,37)27(39)18-33(22,5)35(20,46-29(41)26-9-8-13-44-26)30(42)47-14-7-6-12-45-28(40)19-31(2,3)43;1-17-13-19-20-15-22(31)21-14-18(34)8-9-27(21,2)29(20,32)24(35)16-28(19,3)30(17,26(37)40-12-5-4-10-33)39-25(36)23-7-6-11-38-23/h8-11,13,16,20,22-23,25,27,39,43H,12,14-15,17-19H2,1-5H3;6-9,11,14,17,19-20,22,24,33,35H,10,12-13,15-16H2,1-3H3/t20-,22?,23?,25+,27+,32+,33+,34+,35+;17-,19?,20?,22+,24+,27+,28+,29+,30+/m11/s1. The smallest absolute Gasteiger partial charge is 0.375 e. The van der Waals surface area contributed by atoms with Crippen LogP contribution in [0.2, 0.25) is 0 Å². The molecule has 8 aliphatic carbocycles. The molecule has 0 radical (unpaired) electrons. The van der Waals surface area contributed by atoms with Crippen LogP contribution in [-0.2, 0) is 38.2 Å². The highest BCUT2D eigenvalue weighted by Gasteiger charge is 2.80. The van der Waals surface area contributed by atoms with Crippen molar-refractivity contribution in [2.24, 2.45) is 57.2 Å². The Balaban J connectivity index is 0.000000210. The van der Waals surface area contributed by atoms with Gasteiger partial charge in [-0.3, -0.25) is 24.0 Å². The molecule has 87 heavy (non-hydrogen) atoms. The average Bonchev–Trinajstić information content (AvgIpc) is 1.65. The minimum Gasteiger partial charge on any atom is -0.457 e. The number of furan rings is 2. The number of hydrogen-bond acceptors (Lipinski definition) is 18. The van der Waals surface area contributed by atoms with Gasteiger partial charge in [0.1, 0.15) is 19.0 Å². The van der Waals surface area contributed by atoms with Crippen molar-refractivity contribution < 1.29 is 94.6 Å². The van der Waals surface area contributed by atoms with E-state index in [1.165, 1.54) is 88.8 Å². The van der Waals surface area contributed by atoms with Gasteiger partial charge in [0.05, 0.1) is 48.3 Å². The van der Waals surface area contributed by atoms with Crippen LogP contribution in [0.1, 0.15) is 121 Å². The van der Waals surface area contributed by atoms with Gasteiger partial charge in [0.25, 0.3) is 0 Å². The van der Waals surface area contributed by atoms with E-state index in [-0.39, 0.29) is 92.3 Å². The van der Waals surface area contributed by atoms with Crippen molar-refractivity contribution >= 4 is 63.2 Å². The molecule has 0 bridgehead atoms. The van der Waals surface area contributed by atoms with E-state index < -0.39 is 150 Å². The Labute approximate surface area is 510 Å². The van der Waals surface area contributed by atoms with Gasteiger partial charge in [-0.1, -0.05) is 87.1 Å². The molecule has 6 fully saturated rings. The quantitative estimate of drug-likeness (QED) is 0.0710. The lowest BCUT2D eigenvalue weighted by Gasteiger charge is -2.63. The van der Waals surface area contributed by atoms with E-state index in [1.54, 1.807) is 27.7 Å². The number of fused-ring (bicyclic) bond motifs is 10. The van der Waals surface area contributed by atoms with Gasteiger partial charge in [-0.05, 0) is 138 Å². The van der Waals surface area contributed by atoms with Crippen molar-refractivity contribution in [3.63, 3.8) is 0 Å². The van der Waals surface area contributed by atoms with Crippen LogP contribution in [0.5, 0.6) is 0 Å². The summed E-state index contributed by atoms with van der Waals surface area (Å²) < 4.78 is 94.6. The maximum Gasteiger partial charge on any atom is 0.375 e. The van der Waals surface area contributed by atoms with Gasteiger partial charge in [-0.2, -0.15) is 0 Å². The number of thioether (sulfide) groups is 2. The zero-order valence-corrected chi connectivity index (χ0v) is 51.1. The summed E-state index contributed by atoms with van der Waals surface area (Å²) in [5, 5.41) is 41.0. The zero-order chi connectivity index (χ0) is 63.7. The maximum atomic E-state index is 17.7. The molecule has 2 heterocycles. The summed E-state index contributed by atoms with van der Waals surface area (Å²) >= 11 is 1.60. The Bertz CT molecular complexity index is 3350. The van der Waals surface area contributed by atoms with Gasteiger partial charge in [0.15, 0.2) is 40.7 Å². The fourth-order valence-electron chi connectivity index (χ4n) is 16.8. The molecular formula is C65H72F4O16S2. The molecule has 4 unspecified atom stereocenters. The molecule has 22 heteroatoms. The molecule has 0 spiro atoms. The molecule has 0 amide bonds. The molecule has 2 aromatic heterocycles. The highest BCUT2D eigenvalue weighted by molar-refractivity contribution is 8.14. The first-order valence-electron chi connectivity index (χ1n) is 29.0. The van der Waals surface area contributed by atoms with Crippen molar-refractivity contribution in [1.82, 2.24) is 0 Å². The Hall–Kier alpha value is -6.01. The van der Waals surface area contributed by atoms with Gasteiger partial charge < -0.3 is 43.5 Å². The van der Waals surface area contributed by atoms with Gasteiger partial charge >= 0.3 is 17.9 Å². The molecule has 18 atom stereocenters. The highest BCUT2D eigenvalue weighted by Crippen LogP contribution is 2.74. The first kappa shape index (κ1) is 65.4. The number of halogens is 4. The second-order valence-electron chi connectivity index (χ2n) is 25.9. The summed E-state index contributed by atoms with van der Waals surface area (Å²) in [6.07, 6.45) is 2.40. The van der Waals surface area contributed by atoms with Crippen molar-refractivity contribution in [2.75, 3.05) is 24.7 Å². The van der Waals surface area contributed by atoms with E-state index in [9.17, 15) is 48.9 Å². The zero-order valence-electron chi connectivity index (χ0n) is 49.5. The number of aliphatic hydroxyl groups is 4. The Morgan fingerprint density at radius 3 is 1.46 bits per heavy atom. The molecule has 8 aliphatic rings.